The van der Waals surface area contributed by atoms with Gasteiger partial charge >= 0.3 is 17.9 Å². The van der Waals surface area contributed by atoms with E-state index in [1.165, 1.54) is 116 Å². The molecule has 6 nitrogen and oxygen atoms in total. The number of carbonyl (C=O) groups is 3. The highest BCUT2D eigenvalue weighted by Crippen LogP contribution is 2.14. The molecule has 0 saturated carbocycles. The first-order valence-corrected chi connectivity index (χ1v) is 25.8. The van der Waals surface area contributed by atoms with Gasteiger partial charge in [-0.05, 0) is 103 Å². The SMILES string of the molecule is CC/C=C\C/C=C\CCCCCCCCCC(=O)OC(COC(=O)CCCCCCC/C=C\CCCCC)COC(=O)CCCCCCCCC/C=C\C/C=C\CCCCC. The summed E-state index contributed by atoms with van der Waals surface area (Å²) in [5.74, 6) is -0.906. The molecule has 0 heterocycles. The maximum atomic E-state index is 12.8. The summed E-state index contributed by atoms with van der Waals surface area (Å²) in [6, 6.07) is 0. The molecule has 0 saturated heterocycles. The lowest BCUT2D eigenvalue weighted by Crippen LogP contribution is -2.30. The molecule has 6 heteroatoms. The maximum absolute atomic E-state index is 12.8. The van der Waals surface area contributed by atoms with E-state index in [0.29, 0.717) is 19.3 Å². The largest absolute Gasteiger partial charge is 0.462 e. The number of ether oxygens (including phenoxy) is 3. The van der Waals surface area contributed by atoms with E-state index in [4.69, 9.17) is 14.2 Å². The van der Waals surface area contributed by atoms with Gasteiger partial charge in [-0.15, -0.1) is 0 Å². The lowest BCUT2D eigenvalue weighted by molar-refractivity contribution is -0.167. The fourth-order valence-electron chi connectivity index (χ4n) is 7.09. The van der Waals surface area contributed by atoms with Crippen molar-refractivity contribution in [3.05, 3.63) is 60.8 Å². The topological polar surface area (TPSA) is 78.9 Å². The molecular formula is C55H96O6. The first-order chi connectivity index (χ1) is 30.0. The lowest BCUT2D eigenvalue weighted by Gasteiger charge is -2.18. The number of rotatable bonds is 46. The lowest BCUT2D eigenvalue weighted by atomic mass is 10.1. The van der Waals surface area contributed by atoms with Crippen LogP contribution in [0.5, 0.6) is 0 Å². The average Bonchev–Trinajstić information content (AvgIpc) is 3.26. The van der Waals surface area contributed by atoms with Gasteiger partial charge in [0.05, 0.1) is 0 Å². The Balaban J connectivity index is 4.39. The molecule has 0 spiro atoms. The molecule has 0 bridgehead atoms. The van der Waals surface area contributed by atoms with Crippen molar-refractivity contribution in [2.75, 3.05) is 13.2 Å². The predicted octanol–water partition coefficient (Wildman–Crippen LogP) is 16.9. The van der Waals surface area contributed by atoms with E-state index < -0.39 is 6.10 Å². The summed E-state index contributed by atoms with van der Waals surface area (Å²) < 4.78 is 16.8. The van der Waals surface area contributed by atoms with Crippen LogP contribution in [0, 0.1) is 0 Å². The molecular weight excluding hydrogens is 757 g/mol. The highest BCUT2D eigenvalue weighted by atomic mass is 16.6. The van der Waals surface area contributed by atoms with Gasteiger partial charge in [0, 0.05) is 19.3 Å². The Labute approximate surface area is 377 Å². The van der Waals surface area contributed by atoms with E-state index in [2.05, 4.69) is 81.5 Å². The monoisotopic (exact) mass is 853 g/mol. The minimum absolute atomic E-state index is 0.0841. The maximum Gasteiger partial charge on any atom is 0.306 e. The smallest absolute Gasteiger partial charge is 0.306 e. The summed E-state index contributed by atoms with van der Waals surface area (Å²) >= 11 is 0. The van der Waals surface area contributed by atoms with Crippen molar-refractivity contribution in [2.24, 2.45) is 0 Å². The fourth-order valence-corrected chi connectivity index (χ4v) is 7.09. The van der Waals surface area contributed by atoms with Crippen LogP contribution in [-0.4, -0.2) is 37.2 Å². The highest BCUT2D eigenvalue weighted by Gasteiger charge is 2.19. The van der Waals surface area contributed by atoms with Gasteiger partial charge < -0.3 is 14.2 Å². The zero-order valence-corrected chi connectivity index (χ0v) is 40.2. The van der Waals surface area contributed by atoms with Crippen molar-refractivity contribution in [1.82, 2.24) is 0 Å². The molecule has 0 aliphatic rings. The first kappa shape index (κ1) is 58.1. The molecule has 0 aromatic rings. The third kappa shape index (κ3) is 48.0. The molecule has 0 aromatic carbocycles. The van der Waals surface area contributed by atoms with Gasteiger partial charge in [-0.2, -0.15) is 0 Å². The van der Waals surface area contributed by atoms with Crippen LogP contribution in [0.3, 0.4) is 0 Å². The molecule has 0 fully saturated rings. The summed E-state index contributed by atoms with van der Waals surface area (Å²) in [7, 11) is 0. The van der Waals surface area contributed by atoms with Crippen LogP contribution in [0.25, 0.3) is 0 Å². The number of hydrogen-bond donors (Lipinski definition) is 0. The van der Waals surface area contributed by atoms with Crippen LogP contribution in [0.1, 0.15) is 252 Å². The van der Waals surface area contributed by atoms with Crippen molar-refractivity contribution in [3.8, 4) is 0 Å². The van der Waals surface area contributed by atoms with Gasteiger partial charge in [-0.25, -0.2) is 0 Å². The third-order valence-corrected chi connectivity index (χ3v) is 11.0. The summed E-state index contributed by atoms with van der Waals surface area (Å²) in [6.07, 6.45) is 60.5. The molecule has 0 radical (unpaired) electrons. The van der Waals surface area contributed by atoms with Crippen LogP contribution in [-0.2, 0) is 28.6 Å². The minimum atomic E-state index is -0.783. The molecule has 0 N–H and O–H groups in total. The second kappa shape index (κ2) is 49.8. The molecule has 0 amide bonds. The van der Waals surface area contributed by atoms with Gasteiger partial charge in [-0.3, -0.25) is 14.4 Å². The number of carbonyl (C=O) groups excluding carboxylic acids is 3. The fraction of sp³-hybridized carbons (Fsp3) is 0.764. The van der Waals surface area contributed by atoms with E-state index in [1.54, 1.807) is 0 Å². The highest BCUT2D eigenvalue weighted by molar-refractivity contribution is 5.71. The van der Waals surface area contributed by atoms with Crippen LogP contribution in [0.4, 0.5) is 0 Å². The Morgan fingerprint density at radius 1 is 0.344 bits per heavy atom. The molecule has 61 heavy (non-hydrogen) atoms. The Morgan fingerprint density at radius 3 is 1.00 bits per heavy atom. The van der Waals surface area contributed by atoms with Gasteiger partial charge in [0.15, 0.2) is 6.10 Å². The van der Waals surface area contributed by atoms with Gasteiger partial charge in [0.25, 0.3) is 0 Å². The van der Waals surface area contributed by atoms with Gasteiger partial charge in [-0.1, -0.05) is 191 Å². The van der Waals surface area contributed by atoms with Crippen LogP contribution < -0.4 is 0 Å². The standard InChI is InChI=1S/C55H96O6/c1-4-7-10-13-16-19-22-25-27-28-29-31-33-36-39-42-45-48-54(57)60-51-52(50-59-53(56)47-44-41-38-35-32-24-21-18-15-12-9-6-3)61-55(58)49-46-43-40-37-34-30-26-23-20-17-14-11-8-5-2/h8,11,16-21,25,27,52H,4-7,9-10,12-15,22-24,26,28-51H2,1-3H3/b11-8-,19-16-,20-17-,21-18-,27-25-. The Kier molecular flexibility index (Phi) is 47.4. The number of esters is 3. The minimum Gasteiger partial charge on any atom is -0.462 e. The molecule has 0 aromatic heterocycles. The predicted molar refractivity (Wildman–Crippen MR) is 261 cm³/mol. The normalized spacial score (nSPS) is 12.5. The number of unbranched alkanes of at least 4 members (excludes halogenated alkanes) is 25. The molecule has 1 atom stereocenters. The van der Waals surface area contributed by atoms with Gasteiger partial charge in [0.1, 0.15) is 13.2 Å². The van der Waals surface area contributed by atoms with E-state index >= 15 is 0 Å². The summed E-state index contributed by atoms with van der Waals surface area (Å²) in [4.78, 5) is 37.9. The van der Waals surface area contributed by atoms with Crippen molar-refractivity contribution >= 4 is 17.9 Å². The van der Waals surface area contributed by atoms with Crippen molar-refractivity contribution in [3.63, 3.8) is 0 Å². The second-order valence-electron chi connectivity index (χ2n) is 17.0. The van der Waals surface area contributed by atoms with E-state index in [9.17, 15) is 14.4 Å². The summed E-state index contributed by atoms with van der Waals surface area (Å²) in [6.45, 7) is 6.47. The average molecular weight is 853 g/mol. The van der Waals surface area contributed by atoms with E-state index in [-0.39, 0.29) is 31.1 Å². The first-order valence-electron chi connectivity index (χ1n) is 25.8. The zero-order valence-electron chi connectivity index (χ0n) is 40.2. The van der Waals surface area contributed by atoms with Crippen molar-refractivity contribution in [2.45, 2.75) is 258 Å². The third-order valence-electron chi connectivity index (χ3n) is 11.0. The Morgan fingerprint density at radius 2 is 0.639 bits per heavy atom. The van der Waals surface area contributed by atoms with E-state index in [1.807, 2.05) is 0 Å². The summed E-state index contributed by atoms with van der Waals surface area (Å²) in [5.41, 5.74) is 0. The molecule has 0 aliphatic carbocycles. The van der Waals surface area contributed by atoms with Gasteiger partial charge in [0.2, 0.25) is 0 Å². The van der Waals surface area contributed by atoms with Crippen molar-refractivity contribution in [1.29, 1.82) is 0 Å². The van der Waals surface area contributed by atoms with Crippen molar-refractivity contribution < 1.29 is 28.6 Å². The van der Waals surface area contributed by atoms with E-state index in [0.717, 1.165) is 96.3 Å². The summed E-state index contributed by atoms with van der Waals surface area (Å²) in [5, 5.41) is 0. The zero-order chi connectivity index (χ0) is 44.4. The number of hydrogen-bond acceptors (Lipinski definition) is 6. The molecule has 1 unspecified atom stereocenters. The van der Waals surface area contributed by atoms with Crippen LogP contribution in [0.2, 0.25) is 0 Å². The molecule has 352 valence electrons. The van der Waals surface area contributed by atoms with Crippen LogP contribution >= 0.6 is 0 Å². The van der Waals surface area contributed by atoms with Crippen LogP contribution in [0.15, 0.2) is 60.8 Å². The quantitative estimate of drug-likeness (QED) is 0.0263. The Bertz CT molecular complexity index is 1120. The molecule has 0 aliphatic heterocycles. The Hall–Kier alpha value is -2.89. The second-order valence-corrected chi connectivity index (χ2v) is 17.0. The molecule has 0 rings (SSSR count). The number of allylic oxidation sites excluding steroid dienone is 10.